The smallest absolute Gasteiger partial charge is 0.335 e. The van der Waals surface area contributed by atoms with Gasteiger partial charge in [-0.15, -0.1) is 0 Å². The van der Waals surface area contributed by atoms with Crippen LogP contribution in [0.15, 0.2) is 132 Å². The Morgan fingerprint density at radius 3 is 1.36 bits per heavy atom. The summed E-state index contributed by atoms with van der Waals surface area (Å²) in [6.07, 6.45) is -2.85. The van der Waals surface area contributed by atoms with Gasteiger partial charge in [0.05, 0.1) is 23.3 Å². The second-order valence-corrected chi connectivity index (χ2v) is 9.86. The van der Waals surface area contributed by atoms with Crippen molar-refractivity contribution >= 4 is 28.7 Å². The molecular weight excluding hydrogens is 610 g/mol. The second-order valence-electron chi connectivity index (χ2n) is 9.86. The first-order valence-electron chi connectivity index (χ1n) is 14.1. The predicted molar refractivity (Wildman–Crippen MR) is 171 cm³/mol. The molecule has 0 saturated carbocycles. The molecule has 47 heavy (non-hydrogen) atoms. The fourth-order valence-electron chi connectivity index (χ4n) is 4.26. The van der Waals surface area contributed by atoms with Crippen LogP contribution in [-0.2, 0) is 4.74 Å². The number of aliphatic hydroxyl groups excluding tert-OH is 3. The van der Waals surface area contributed by atoms with Gasteiger partial charge in [0.25, 0.3) is 5.56 Å². The molecule has 244 valence electrons. The van der Waals surface area contributed by atoms with Gasteiger partial charge >= 0.3 is 17.9 Å². The van der Waals surface area contributed by atoms with Crippen molar-refractivity contribution in [2.45, 2.75) is 24.5 Å². The predicted octanol–water partition coefficient (Wildman–Crippen LogP) is 3.77. The van der Waals surface area contributed by atoms with Crippen LogP contribution in [0.1, 0.15) is 37.3 Å². The number of hydrogen-bond acceptors (Lipinski definition) is 8. The monoisotopic (exact) mass is 643 g/mol. The number of carbonyl (C=O) groups is 3. The minimum Gasteiger partial charge on any atom is -0.478 e. The molecule has 1 fully saturated rings. The number of pyridine rings is 1. The number of fused-ring (bicyclic) bond motifs is 1. The maximum Gasteiger partial charge on any atom is 0.335 e. The van der Waals surface area contributed by atoms with E-state index in [0.717, 1.165) is 5.39 Å². The Bertz CT molecular complexity index is 1680. The third-order valence-corrected chi connectivity index (χ3v) is 6.69. The number of aliphatic hydroxyl groups is 3. The van der Waals surface area contributed by atoms with Gasteiger partial charge in [0.1, 0.15) is 18.3 Å². The molecule has 1 saturated heterocycles. The fourth-order valence-corrected chi connectivity index (χ4v) is 4.26. The highest BCUT2D eigenvalue weighted by atomic mass is 16.6. The maximum atomic E-state index is 12.4. The van der Waals surface area contributed by atoms with Gasteiger partial charge in [0, 0.05) is 11.6 Å². The number of hydrogen-bond donors (Lipinski definition) is 6. The molecule has 6 rings (SSSR count). The average Bonchev–Trinajstić information content (AvgIpc) is 3.39. The normalized spacial score (nSPS) is 17.9. The summed E-state index contributed by atoms with van der Waals surface area (Å²) in [6, 6.07) is 33.7. The van der Waals surface area contributed by atoms with Crippen molar-refractivity contribution in [3.05, 3.63) is 155 Å². The van der Waals surface area contributed by atoms with Crippen molar-refractivity contribution < 1.29 is 49.8 Å². The Balaban J connectivity index is 0.000000187. The summed E-state index contributed by atoms with van der Waals surface area (Å²) < 4.78 is 6.61. The first-order chi connectivity index (χ1) is 22.5. The number of nitrogens with zero attached hydrogens (tertiary/aromatic N) is 1. The van der Waals surface area contributed by atoms with E-state index < -0.39 is 49.1 Å². The van der Waals surface area contributed by atoms with E-state index in [1.165, 1.54) is 10.8 Å². The summed E-state index contributed by atoms with van der Waals surface area (Å²) in [6.45, 7) is -0.420. The first-order valence-corrected chi connectivity index (χ1v) is 14.1. The van der Waals surface area contributed by atoms with Crippen molar-refractivity contribution in [3.8, 4) is 0 Å². The summed E-state index contributed by atoms with van der Waals surface area (Å²) >= 11 is 0. The van der Waals surface area contributed by atoms with Crippen LogP contribution >= 0.6 is 0 Å². The molecule has 1 aromatic heterocycles. The minimum absolute atomic E-state index is 0.307. The van der Waals surface area contributed by atoms with Crippen LogP contribution in [0.3, 0.4) is 0 Å². The molecule has 0 unspecified atom stereocenters. The van der Waals surface area contributed by atoms with Crippen molar-refractivity contribution in [1.29, 1.82) is 0 Å². The maximum absolute atomic E-state index is 12.4. The Morgan fingerprint density at radius 1 is 0.596 bits per heavy atom. The quantitative estimate of drug-likeness (QED) is 0.163. The van der Waals surface area contributed by atoms with E-state index in [2.05, 4.69) is 0 Å². The van der Waals surface area contributed by atoms with Crippen molar-refractivity contribution in [2.75, 3.05) is 6.61 Å². The van der Waals surface area contributed by atoms with E-state index in [4.69, 9.17) is 25.2 Å². The Morgan fingerprint density at radius 2 is 1.00 bits per heavy atom. The molecule has 0 spiro atoms. The van der Waals surface area contributed by atoms with Gasteiger partial charge in [-0.1, -0.05) is 72.8 Å². The first kappa shape index (κ1) is 35.8. The number of aromatic nitrogens is 1. The lowest BCUT2D eigenvalue weighted by Gasteiger charge is -2.18. The van der Waals surface area contributed by atoms with E-state index in [1.807, 2.05) is 12.1 Å². The topological polar surface area (TPSA) is 204 Å². The van der Waals surface area contributed by atoms with E-state index in [1.54, 1.807) is 109 Å². The van der Waals surface area contributed by atoms with E-state index in [9.17, 15) is 29.4 Å². The molecule has 1 aliphatic heterocycles. The number of rotatable bonds is 5. The standard InChI is InChI=1S/C14H15NO5.3C7H6O2/c16-7-10-11(17)12(18)14(20-10)15-6-5-8-3-1-2-4-9(8)13(15)19;3*8-7(9)6-4-2-1-3-5-6/h1-6,10-12,14,16-18H,7H2;3*1-5H,(H,8,9)/t10-,11-,12-,14-;;;/m1.../s1. The van der Waals surface area contributed by atoms with Crippen LogP contribution in [0.2, 0.25) is 0 Å². The van der Waals surface area contributed by atoms with Crippen LogP contribution < -0.4 is 5.56 Å². The minimum atomic E-state index is -1.26. The summed E-state index contributed by atoms with van der Waals surface area (Å²) in [5.74, 6) is -2.64. The molecule has 0 aliphatic carbocycles. The molecule has 0 radical (unpaired) electrons. The molecule has 0 amide bonds. The van der Waals surface area contributed by atoms with Gasteiger partial charge in [-0.2, -0.15) is 0 Å². The fraction of sp³-hybridized carbons (Fsp3) is 0.143. The zero-order valence-corrected chi connectivity index (χ0v) is 24.8. The molecule has 2 heterocycles. The summed E-state index contributed by atoms with van der Waals surface area (Å²) in [7, 11) is 0. The van der Waals surface area contributed by atoms with Crippen LogP contribution in [0.4, 0.5) is 0 Å². The van der Waals surface area contributed by atoms with Crippen molar-refractivity contribution in [2.24, 2.45) is 0 Å². The third kappa shape index (κ3) is 10.2. The molecule has 5 aromatic rings. The Kier molecular flexibility index (Phi) is 13.5. The molecule has 1 aliphatic rings. The summed E-state index contributed by atoms with van der Waals surface area (Å²) in [5.41, 5.74) is 0.686. The zero-order valence-electron chi connectivity index (χ0n) is 24.8. The molecular formula is C35H33NO11. The van der Waals surface area contributed by atoms with Crippen LogP contribution in [0, 0.1) is 0 Å². The van der Waals surface area contributed by atoms with Gasteiger partial charge in [-0.25, -0.2) is 14.4 Å². The second kappa shape index (κ2) is 17.7. The number of carboxylic acids is 3. The van der Waals surface area contributed by atoms with Gasteiger partial charge < -0.3 is 35.4 Å². The molecule has 12 nitrogen and oxygen atoms in total. The van der Waals surface area contributed by atoms with Crippen LogP contribution in [0.5, 0.6) is 0 Å². The lowest BCUT2D eigenvalue weighted by atomic mass is 10.1. The lowest BCUT2D eigenvalue weighted by molar-refractivity contribution is -0.0541. The number of ether oxygens (including phenoxy) is 1. The summed E-state index contributed by atoms with van der Waals surface area (Å²) in [5, 5.41) is 55.2. The molecule has 6 N–H and O–H groups in total. The van der Waals surface area contributed by atoms with Crippen LogP contribution in [-0.4, -0.2) is 78.0 Å². The molecule has 4 atom stereocenters. The van der Waals surface area contributed by atoms with Crippen molar-refractivity contribution in [3.63, 3.8) is 0 Å². The summed E-state index contributed by atoms with van der Waals surface area (Å²) in [4.78, 5) is 43.0. The SMILES string of the molecule is O=C(O)c1ccccc1.O=C(O)c1ccccc1.O=C(O)c1ccccc1.O=c1c2ccccc2ccn1[C@@H]1O[C@H](CO)[C@@H](O)[C@H]1O. The Labute approximate surface area is 268 Å². The van der Waals surface area contributed by atoms with Crippen molar-refractivity contribution in [1.82, 2.24) is 4.57 Å². The highest BCUT2D eigenvalue weighted by Crippen LogP contribution is 2.28. The van der Waals surface area contributed by atoms with Gasteiger partial charge in [0.15, 0.2) is 6.23 Å². The highest BCUT2D eigenvalue weighted by molar-refractivity contribution is 5.88. The van der Waals surface area contributed by atoms with Gasteiger partial charge in [0.2, 0.25) is 0 Å². The van der Waals surface area contributed by atoms with Crippen LogP contribution in [0.25, 0.3) is 10.8 Å². The van der Waals surface area contributed by atoms with E-state index in [0.29, 0.717) is 22.1 Å². The number of benzene rings is 4. The van der Waals surface area contributed by atoms with E-state index in [-0.39, 0.29) is 5.56 Å². The zero-order chi connectivity index (χ0) is 34.3. The number of carboxylic acid groups (broad SMARTS) is 3. The largest absolute Gasteiger partial charge is 0.478 e. The average molecular weight is 644 g/mol. The lowest BCUT2D eigenvalue weighted by Crippen LogP contribution is -2.35. The van der Waals surface area contributed by atoms with Gasteiger partial charge in [-0.3, -0.25) is 9.36 Å². The number of aromatic carboxylic acids is 3. The highest BCUT2D eigenvalue weighted by Gasteiger charge is 2.43. The third-order valence-electron chi connectivity index (χ3n) is 6.69. The molecule has 0 bridgehead atoms. The molecule has 12 heteroatoms. The molecule has 4 aromatic carbocycles. The Hall–Kier alpha value is -5.66. The van der Waals surface area contributed by atoms with Gasteiger partial charge in [-0.05, 0) is 53.9 Å². The van der Waals surface area contributed by atoms with E-state index >= 15 is 0 Å².